The van der Waals surface area contributed by atoms with E-state index in [1.54, 1.807) is 0 Å². The first-order valence-corrected chi connectivity index (χ1v) is 5.76. The van der Waals surface area contributed by atoms with Crippen LogP contribution in [0.15, 0.2) is 18.2 Å². The molecule has 2 rings (SSSR count). The summed E-state index contributed by atoms with van der Waals surface area (Å²) in [5.41, 5.74) is 0.271. The van der Waals surface area contributed by atoms with E-state index in [1.807, 2.05) is 7.05 Å². The average Bonchev–Trinajstić information content (AvgIpc) is 2.60. The summed E-state index contributed by atoms with van der Waals surface area (Å²) in [6.45, 7) is 2.06. The Morgan fingerprint density at radius 3 is 2.31 bits per heavy atom. The minimum atomic E-state index is -0.409. The van der Waals surface area contributed by atoms with Crippen molar-refractivity contribution in [2.45, 2.75) is 31.7 Å². The smallest absolute Gasteiger partial charge is 0.129 e. The quantitative estimate of drug-likeness (QED) is 0.815. The summed E-state index contributed by atoms with van der Waals surface area (Å²) in [6, 6.07) is 4.47. The molecule has 1 fully saturated rings. The van der Waals surface area contributed by atoms with Crippen LogP contribution in [0.5, 0.6) is 0 Å². The van der Waals surface area contributed by atoms with E-state index in [1.165, 1.54) is 18.2 Å². The zero-order chi connectivity index (χ0) is 11.7. The van der Waals surface area contributed by atoms with E-state index in [2.05, 4.69) is 12.2 Å². The minimum Gasteiger partial charge on any atom is -0.317 e. The van der Waals surface area contributed by atoms with Gasteiger partial charge in [-0.15, -0.1) is 0 Å². The van der Waals surface area contributed by atoms with E-state index in [-0.39, 0.29) is 17.4 Å². The first-order valence-electron chi connectivity index (χ1n) is 5.76. The van der Waals surface area contributed by atoms with E-state index >= 15 is 0 Å². The number of benzene rings is 1. The van der Waals surface area contributed by atoms with Crippen LogP contribution in [-0.4, -0.2) is 13.1 Å². The normalized spacial score (nSPS) is 29.6. The fraction of sp³-hybridized carbons (Fsp3) is 0.538. The number of rotatable bonds is 2. The number of hydrogen-bond acceptors (Lipinski definition) is 1. The van der Waals surface area contributed by atoms with Crippen molar-refractivity contribution in [1.29, 1.82) is 0 Å². The Bertz CT molecular complexity index is 358. The summed E-state index contributed by atoms with van der Waals surface area (Å²) in [6.07, 6.45) is 1.83. The molecule has 1 aliphatic rings. The Balaban J connectivity index is 2.32. The van der Waals surface area contributed by atoms with Crippen LogP contribution in [0.3, 0.4) is 0 Å². The molecule has 0 radical (unpaired) electrons. The molecule has 3 atom stereocenters. The van der Waals surface area contributed by atoms with Gasteiger partial charge in [0, 0.05) is 11.6 Å². The Morgan fingerprint density at radius 1 is 1.19 bits per heavy atom. The maximum atomic E-state index is 13.6. The van der Waals surface area contributed by atoms with Crippen LogP contribution in [0, 0.1) is 17.6 Å². The summed E-state index contributed by atoms with van der Waals surface area (Å²) in [5, 5.41) is 3.21. The van der Waals surface area contributed by atoms with Crippen LogP contribution in [0.1, 0.15) is 31.2 Å². The number of hydrogen-bond donors (Lipinski definition) is 1. The van der Waals surface area contributed by atoms with Gasteiger partial charge in [-0.25, -0.2) is 8.78 Å². The molecular weight excluding hydrogens is 208 g/mol. The molecule has 0 spiro atoms. The fourth-order valence-corrected chi connectivity index (χ4v) is 2.84. The van der Waals surface area contributed by atoms with Gasteiger partial charge < -0.3 is 5.32 Å². The van der Waals surface area contributed by atoms with Gasteiger partial charge in [0.05, 0.1) is 0 Å². The van der Waals surface area contributed by atoms with Crippen LogP contribution in [0.4, 0.5) is 8.78 Å². The standard InChI is InChI=1S/C13H17F2N/c1-8-9(6-7-12(8)16-2)13-10(14)4-3-5-11(13)15/h3-5,8-9,12,16H,6-7H2,1-2H3. The molecule has 0 aliphatic heterocycles. The Morgan fingerprint density at radius 2 is 1.81 bits per heavy atom. The van der Waals surface area contributed by atoms with Gasteiger partial charge in [0.1, 0.15) is 11.6 Å². The van der Waals surface area contributed by atoms with Gasteiger partial charge in [-0.05, 0) is 43.9 Å². The molecule has 3 unspecified atom stereocenters. The Kier molecular flexibility index (Phi) is 3.24. The van der Waals surface area contributed by atoms with Crippen molar-refractivity contribution in [3.8, 4) is 0 Å². The van der Waals surface area contributed by atoms with Gasteiger partial charge in [0.2, 0.25) is 0 Å². The lowest BCUT2D eigenvalue weighted by atomic mass is 9.88. The molecule has 1 N–H and O–H groups in total. The largest absolute Gasteiger partial charge is 0.317 e. The molecule has 1 aromatic rings. The third-order valence-electron chi connectivity index (χ3n) is 3.80. The molecule has 0 heterocycles. The van der Waals surface area contributed by atoms with Crippen LogP contribution >= 0.6 is 0 Å². The van der Waals surface area contributed by atoms with Crippen LogP contribution in [0.2, 0.25) is 0 Å². The Labute approximate surface area is 94.9 Å². The van der Waals surface area contributed by atoms with Gasteiger partial charge in [0.25, 0.3) is 0 Å². The topological polar surface area (TPSA) is 12.0 Å². The molecule has 0 amide bonds. The number of halogens is 2. The van der Waals surface area contributed by atoms with Gasteiger partial charge in [-0.2, -0.15) is 0 Å². The molecule has 1 aliphatic carbocycles. The van der Waals surface area contributed by atoms with E-state index in [9.17, 15) is 8.78 Å². The lowest BCUT2D eigenvalue weighted by Crippen LogP contribution is -2.29. The molecule has 1 nitrogen and oxygen atoms in total. The van der Waals surface area contributed by atoms with Crippen molar-refractivity contribution in [3.63, 3.8) is 0 Å². The zero-order valence-corrected chi connectivity index (χ0v) is 9.63. The zero-order valence-electron chi connectivity index (χ0n) is 9.63. The number of nitrogens with one attached hydrogen (secondary N) is 1. The van der Waals surface area contributed by atoms with Crippen molar-refractivity contribution in [3.05, 3.63) is 35.4 Å². The van der Waals surface area contributed by atoms with Crippen molar-refractivity contribution in [1.82, 2.24) is 5.32 Å². The maximum absolute atomic E-state index is 13.6. The van der Waals surface area contributed by atoms with Crippen LogP contribution < -0.4 is 5.32 Å². The monoisotopic (exact) mass is 225 g/mol. The van der Waals surface area contributed by atoms with Crippen molar-refractivity contribution >= 4 is 0 Å². The molecule has 0 bridgehead atoms. The SMILES string of the molecule is CNC1CCC(c2c(F)cccc2F)C1C. The van der Waals surface area contributed by atoms with Crippen molar-refractivity contribution < 1.29 is 8.78 Å². The molecular formula is C13H17F2N. The molecule has 88 valence electrons. The molecule has 0 aromatic heterocycles. The second-order valence-corrected chi connectivity index (χ2v) is 4.57. The summed E-state index contributed by atoms with van der Waals surface area (Å²) in [7, 11) is 1.90. The Hall–Kier alpha value is -0.960. The third-order valence-corrected chi connectivity index (χ3v) is 3.80. The van der Waals surface area contributed by atoms with E-state index in [4.69, 9.17) is 0 Å². The first kappa shape index (κ1) is 11.5. The predicted molar refractivity (Wildman–Crippen MR) is 60.3 cm³/mol. The second kappa shape index (κ2) is 4.50. The summed E-state index contributed by atoms with van der Waals surface area (Å²) >= 11 is 0. The van der Waals surface area contributed by atoms with Crippen LogP contribution in [0.25, 0.3) is 0 Å². The van der Waals surface area contributed by atoms with E-state index in [0.29, 0.717) is 6.04 Å². The highest BCUT2D eigenvalue weighted by Crippen LogP contribution is 2.41. The van der Waals surface area contributed by atoms with Crippen molar-refractivity contribution in [2.24, 2.45) is 5.92 Å². The highest BCUT2D eigenvalue weighted by atomic mass is 19.1. The van der Waals surface area contributed by atoms with Crippen molar-refractivity contribution in [2.75, 3.05) is 7.05 Å². The lowest BCUT2D eigenvalue weighted by Gasteiger charge is -2.21. The minimum absolute atomic E-state index is 0.00125. The third kappa shape index (κ3) is 1.84. The summed E-state index contributed by atoms with van der Waals surface area (Å²) in [4.78, 5) is 0. The van der Waals surface area contributed by atoms with Gasteiger partial charge in [-0.3, -0.25) is 0 Å². The maximum Gasteiger partial charge on any atom is 0.129 e. The van der Waals surface area contributed by atoms with Gasteiger partial charge in [-0.1, -0.05) is 13.0 Å². The summed E-state index contributed by atoms with van der Waals surface area (Å²) < 4.78 is 27.3. The van der Waals surface area contributed by atoms with Gasteiger partial charge >= 0.3 is 0 Å². The second-order valence-electron chi connectivity index (χ2n) is 4.57. The van der Waals surface area contributed by atoms with E-state index < -0.39 is 11.6 Å². The van der Waals surface area contributed by atoms with Gasteiger partial charge in [0.15, 0.2) is 0 Å². The fourth-order valence-electron chi connectivity index (χ4n) is 2.84. The lowest BCUT2D eigenvalue weighted by molar-refractivity contribution is 0.409. The highest BCUT2D eigenvalue weighted by Gasteiger charge is 2.35. The summed E-state index contributed by atoms with van der Waals surface area (Å²) in [5.74, 6) is -0.544. The molecule has 1 aromatic carbocycles. The molecule has 0 saturated heterocycles. The average molecular weight is 225 g/mol. The predicted octanol–water partition coefficient (Wildman–Crippen LogP) is 3.07. The molecule has 3 heteroatoms. The molecule has 16 heavy (non-hydrogen) atoms. The van der Waals surface area contributed by atoms with E-state index in [0.717, 1.165) is 12.8 Å². The first-order chi connectivity index (χ1) is 7.65. The highest BCUT2D eigenvalue weighted by molar-refractivity contribution is 5.26. The molecule has 1 saturated carbocycles. The van der Waals surface area contributed by atoms with Crippen LogP contribution in [-0.2, 0) is 0 Å².